The van der Waals surface area contributed by atoms with Crippen LogP contribution in [0.25, 0.3) is 0 Å². The number of hydrogen-bond acceptors (Lipinski definition) is 19. The highest BCUT2D eigenvalue weighted by molar-refractivity contribution is 7.91. The van der Waals surface area contributed by atoms with Gasteiger partial charge in [-0.25, -0.2) is 9.07 Å². The third-order valence-electron chi connectivity index (χ3n) is 17.7. The van der Waals surface area contributed by atoms with E-state index in [-0.39, 0.29) is 25.2 Å². The molecule has 0 spiro atoms. The predicted molar refractivity (Wildman–Crippen MR) is 293 cm³/mol. The van der Waals surface area contributed by atoms with E-state index in [0.717, 1.165) is 12.8 Å². The second kappa shape index (κ2) is 28.4. The Morgan fingerprint density at radius 1 is 0.975 bits per heavy atom. The van der Waals surface area contributed by atoms with Crippen molar-refractivity contribution in [2.24, 2.45) is 23.7 Å². The predicted octanol–water partition coefficient (Wildman–Crippen LogP) is 4.54. The zero-order valence-corrected chi connectivity index (χ0v) is 50.1. The number of aliphatic hydroxyl groups excluding tert-OH is 3. The summed E-state index contributed by atoms with van der Waals surface area (Å²) >= 11 is -1.18. The van der Waals surface area contributed by atoms with Crippen LogP contribution in [0.2, 0.25) is 0 Å². The molecule has 79 heavy (non-hydrogen) atoms. The molecule has 6 rings (SSSR count). The first-order chi connectivity index (χ1) is 37.2. The Labute approximate surface area is 471 Å². The summed E-state index contributed by atoms with van der Waals surface area (Å²) in [6, 6.07) is 5.33. The van der Waals surface area contributed by atoms with Crippen molar-refractivity contribution in [3.63, 3.8) is 0 Å². The fraction of sp³-hybridized carbons (Fsp3) is 0.842. The van der Waals surface area contributed by atoms with E-state index in [4.69, 9.17) is 37.9 Å². The van der Waals surface area contributed by atoms with Gasteiger partial charge in [-0.1, -0.05) is 38.1 Å². The zero-order valence-electron chi connectivity index (χ0n) is 49.3. The van der Waals surface area contributed by atoms with Crippen molar-refractivity contribution in [2.45, 2.75) is 222 Å². The number of cyclic esters (lactones) is 1. The monoisotopic (exact) mass is 1140 g/mol. The Morgan fingerprint density at radius 3 is 2.27 bits per heavy atom. The quantitative estimate of drug-likeness (QED) is 0.102. The Hall–Kier alpha value is -2.49. The molecule has 5 heterocycles. The van der Waals surface area contributed by atoms with E-state index in [9.17, 15) is 39.3 Å². The van der Waals surface area contributed by atoms with Crippen molar-refractivity contribution < 1.29 is 77.2 Å². The molecule has 0 aliphatic carbocycles. The summed E-state index contributed by atoms with van der Waals surface area (Å²) in [4.78, 5) is 19.1. The fourth-order valence-corrected chi connectivity index (χ4v) is 13.9. The molecular formula is C57H96FN5O15S. The van der Waals surface area contributed by atoms with Gasteiger partial charge in [0.25, 0.3) is 0 Å². The number of benzene rings is 1. The molecule has 4 fully saturated rings. The number of likely N-dealkylation sites (N-methyl/N-ethyl adjacent to an activating group) is 2. The zero-order chi connectivity index (χ0) is 58.3. The number of carbonyl (C=O) groups excluding carboxylic acids is 1. The summed E-state index contributed by atoms with van der Waals surface area (Å²) in [5.74, 6) is -1.99. The molecule has 0 saturated carbocycles. The Kier molecular flexibility index (Phi) is 23.6. The number of carbonyl (C=O) groups is 1. The van der Waals surface area contributed by atoms with Gasteiger partial charge in [-0.15, -0.1) is 5.10 Å². The number of ether oxygens (including phenoxy) is 8. The van der Waals surface area contributed by atoms with Crippen LogP contribution >= 0.6 is 0 Å². The van der Waals surface area contributed by atoms with Crippen molar-refractivity contribution in [2.75, 3.05) is 67.0 Å². The largest absolute Gasteiger partial charge is 0.611 e. The van der Waals surface area contributed by atoms with E-state index < -0.39 is 138 Å². The summed E-state index contributed by atoms with van der Waals surface area (Å²) < 4.78 is 79.4. The van der Waals surface area contributed by atoms with Gasteiger partial charge in [0, 0.05) is 83.5 Å². The molecule has 22 heteroatoms. The van der Waals surface area contributed by atoms with Crippen LogP contribution in [-0.2, 0) is 60.3 Å². The van der Waals surface area contributed by atoms with Crippen LogP contribution < -0.4 is 0 Å². The molecule has 21 atom stereocenters. The van der Waals surface area contributed by atoms with Gasteiger partial charge in [0.15, 0.2) is 17.5 Å². The number of nitrogens with zero attached hydrogens (tertiary/aromatic N) is 5. The number of esters is 1. The lowest BCUT2D eigenvalue weighted by molar-refractivity contribution is -0.318. The molecule has 4 aliphatic heterocycles. The van der Waals surface area contributed by atoms with Crippen LogP contribution in [0.3, 0.4) is 0 Å². The number of halogens is 1. The molecule has 4 saturated heterocycles. The highest BCUT2D eigenvalue weighted by Gasteiger charge is 2.53. The SMILES string of the molecule is CC[C@H]1OC(=O)[C@H](C)[C@@H](O[C@H]2C[C@@](C)(OC)[C@@H](O)[C@H](C)O2)[C@H](C)[C@@H](O[C@@H]2O[C@H](C)C[C@H](N(C)CCc3cn([C@H](CF)[C@H](OC)c4ccc([S+]([O-])CC5CCOCC5)cc4)nn3)[C@H]2O)[C@](C)(O)C[C@@H](C)CN(C)[C@H](C)[C@@H](O)[C@]1(C)O. The molecule has 2 aromatic rings. The topological polar surface area (TPSA) is 252 Å². The average Bonchev–Trinajstić information content (AvgIpc) is 3.99. The molecule has 4 aliphatic rings. The van der Waals surface area contributed by atoms with Crippen LogP contribution in [0, 0.1) is 23.7 Å². The van der Waals surface area contributed by atoms with E-state index in [2.05, 4.69) is 10.3 Å². The molecule has 1 aromatic heterocycles. The van der Waals surface area contributed by atoms with E-state index >= 15 is 0 Å². The van der Waals surface area contributed by atoms with Gasteiger partial charge in [-0.3, -0.25) is 4.79 Å². The van der Waals surface area contributed by atoms with Crippen molar-refractivity contribution in [3.05, 3.63) is 41.7 Å². The minimum absolute atomic E-state index is 0.0784. The molecule has 5 N–H and O–H groups in total. The number of rotatable bonds is 18. The highest BCUT2D eigenvalue weighted by Crippen LogP contribution is 2.41. The molecule has 1 unspecified atom stereocenters. The van der Waals surface area contributed by atoms with Crippen molar-refractivity contribution in [3.8, 4) is 0 Å². The number of aromatic nitrogens is 3. The smallest absolute Gasteiger partial charge is 0.311 e. The molecule has 1 aromatic carbocycles. The van der Waals surface area contributed by atoms with Crippen LogP contribution in [0.5, 0.6) is 0 Å². The van der Waals surface area contributed by atoms with Crippen molar-refractivity contribution in [1.29, 1.82) is 0 Å². The second-order valence-corrected chi connectivity index (χ2v) is 25.6. The molecule has 20 nitrogen and oxygen atoms in total. The van der Waals surface area contributed by atoms with E-state index in [1.807, 2.05) is 62.0 Å². The lowest BCUT2D eigenvalue weighted by atomic mass is 9.77. The van der Waals surface area contributed by atoms with Gasteiger partial charge >= 0.3 is 5.97 Å². The summed E-state index contributed by atoms with van der Waals surface area (Å²) in [5, 5.41) is 68.7. The third kappa shape index (κ3) is 15.8. The molecule has 0 bridgehead atoms. The van der Waals surface area contributed by atoms with Gasteiger partial charge < -0.3 is 77.8 Å². The average molecular weight is 1140 g/mol. The summed E-state index contributed by atoms with van der Waals surface area (Å²) in [6.45, 7) is 18.8. The summed E-state index contributed by atoms with van der Waals surface area (Å²) in [6.07, 6.45) is -6.42. The second-order valence-electron chi connectivity index (χ2n) is 24.1. The summed E-state index contributed by atoms with van der Waals surface area (Å²) in [5.41, 5.74) is -3.31. The standard InChI is InChI=1S/C57H96FN5O15S/c1-15-45-57(10,69)50(65)37(6)62(12)30-33(2)27-55(8,68)52(35(4)48(36(5)53(67)76-45)77-46-28-56(9,72-14)51(66)38(7)75-46)78-54-47(64)43(26-34(3)74-54)61(11)23-20-41-31-63(60-59-41)44(29-58)49(71-13)40-16-18-42(19-17-40)79(70)32-39-21-24-73-25-22-39/h16-19,31,33-39,43-52,54,64-66,68-69H,15,20-30,32H2,1-14H3/t33-,34-,35+,36-,37-,38+,43+,44-,45-,46+,47-,48+,49-,50-,51+,52-,54+,55-,56-,57-,79?/m1/s1. The Balaban J connectivity index is 1.23. The first-order valence-corrected chi connectivity index (χ1v) is 29.8. The van der Waals surface area contributed by atoms with E-state index in [0.29, 0.717) is 67.0 Å². The minimum Gasteiger partial charge on any atom is -0.611 e. The normalized spacial score (nSPS) is 39.4. The van der Waals surface area contributed by atoms with Crippen molar-refractivity contribution >= 4 is 17.1 Å². The van der Waals surface area contributed by atoms with Gasteiger partial charge in [0.1, 0.15) is 54.6 Å². The van der Waals surface area contributed by atoms with Crippen molar-refractivity contribution in [1.82, 2.24) is 24.8 Å². The molecule has 0 radical (unpaired) electrons. The minimum atomic E-state index is -1.86. The molecule has 452 valence electrons. The maximum absolute atomic E-state index is 15.0. The Bertz CT molecular complexity index is 2180. The number of methoxy groups -OCH3 is 2. The van der Waals surface area contributed by atoms with Crippen LogP contribution in [0.15, 0.2) is 35.4 Å². The van der Waals surface area contributed by atoms with Crippen LogP contribution in [-0.4, -0.2) is 218 Å². The number of alkyl halides is 1. The van der Waals surface area contributed by atoms with E-state index in [1.165, 1.54) is 25.8 Å². The lowest BCUT2D eigenvalue weighted by Gasteiger charge is -2.49. The first-order valence-electron chi connectivity index (χ1n) is 28.5. The first kappa shape index (κ1) is 65.7. The highest BCUT2D eigenvalue weighted by atomic mass is 32.2. The molecular weight excluding hydrogens is 1050 g/mol. The number of aliphatic hydroxyl groups is 5. The van der Waals surface area contributed by atoms with Gasteiger partial charge in [0.2, 0.25) is 0 Å². The maximum atomic E-state index is 15.0. The fourth-order valence-electron chi connectivity index (χ4n) is 12.5. The third-order valence-corrected chi connectivity index (χ3v) is 19.3. The maximum Gasteiger partial charge on any atom is 0.311 e. The Morgan fingerprint density at radius 2 is 1.65 bits per heavy atom. The van der Waals surface area contributed by atoms with Crippen LogP contribution in [0.4, 0.5) is 4.39 Å². The van der Waals surface area contributed by atoms with Gasteiger partial charge in [-0.2, -0.15) is 0 Å². The van der Waals surface area contributed by atoms with Crippen LogP contribution in [0.1, 0.15) is 131 Å². The lowest BCUT2D eigenvalue weighted by Crippen LogP contribution is -2.61. The van der Waals surface area contributed by atoms with Gasteiger partial charge in [0.05, 0.1) is 47.2 Å². The summed E-state index contributed by atoms with van der Waals surface area (Å²) in [7, 11) is 6.72. The number of hydrogen-bond donors (Lipinski definition) is 5. The van der Waals surface area contributed by atoms with Gasteiger partial charge in [-0.05, 0) is 129 Å². The van der Waals surface area contributed by atoms with E-state index in [1.54, 1.807) is 54.7 Å². The molecule has 0 amide bonds.